The second kappa shape index (κ2) is 6.70. The fraction of sp³-hybridized carbons (Fsp3) is 0.636. The molecule has 5 heteroatoms. The number of hydrogen-bond acceptors (Lipinski definition) is 4. The molecule has 16 heavy (non-hydrogen) atoms. The third-order valence-corrected chi connectivity index (χ3v) is 3.34. The Morgan fingerprint density at radius 3 is 3.00 bits per heavy atom. The topological polar surface area (TPSA) is 55.1 Å². The van der Waals surface area contributed by atoms with Gasteiger partial charge < -0.3 is 9.67 Å². The molecule has 90 valence electrons. The van der Waals surface area contributed by atoms with Gasteiger partial charge in [0.1, 0.15) is 0 Å². The molecule has 1 N–H and O–H groups in total. The first-order valence-corrected chi connectivity index (χ1v) is 6.40. The van der Waals surface area contributed by atoms with Crippen molar-refractivity contribution in [3.05, 3.63) is 22.7 Å². The van der Waals surface area contributed by atoms with E-state index < -0.39 is 0 Å². The SMILES string of the molecule is CCCn1ccnc(SC(C)CCO)c1=O. The van der Waals surface area contributed by atoms with Gasteiger partial charge in [0.2, 0.25) is 0 Å². The minimum absolute atomic E-state index is 0.0286. The van der Waals surface area contributed by atoms with E-state index in [-0.39, 0.29) is 17.4 Å². The first-order valence-electron chi connectivity index (χ1n) is 5.52. The third-order valence-electron chi connectivity index (χ3n) is 2.20. The summed E-state index contributed by atoms with van der Waals surface area (Å²) in [5.41, 5.74) is -0.0286. The van der Waals surface area contributed by atoms with E-state index in [0.717, 1.165) is 13.0 Å². The highest BCUT2D eigenvalue weighted by molar-refractivity contribution is 7.99. The number of aromatic nitrogens is 2. The van der Waals surface area contributed by atoms with Crippen LogP contribution in [0.1, 0.15) is 26.7 Å². The lowest BCUT2D eigenvalue weighted by Gasteiger charge is -2.09. The Bertz CT molecular complexity index is 378. The summed E-state index contributed by atoms with van der Waals surface area (Å²) in [5, 5.41) is 9.54. The van der Waals surface area contributed by atoms with Crippen molar-refractivity contribution < 1.29 is 5.11 Å². The maximum Gasteiger partial charge on any atom is 0.283 e. The highest BCUT2D eigenvalue weighted by Gasteiger charge is 2.09. The summed E-state index contributed by atoms with van der Waals surface area (Å²) >= 11 is 1.43. The average Bonchev–Trinajstić information content (AvgIpc) is 2.24. The normalized spacial score (nSPS) is 12.7. The van der Waals surface area contributed by atoms with Crippen LogP contribution in [0.4, 0.5) is 0 Å². The van der Waals surface area contributed by atoms with Crippen LogP contribution in [0.2, 0.25) is 0 Å². The summed E-state index contributed by atoms with van der Waals surface area (Å²) in [6, 6.07) is 0. The molecule has 0 aliphatic rings. The Labute approximate surface area is 99.7 Å². The highest BCUT2D eigenvalue weighted by Crippen LogP contribution is 2.19. The number of nitrogens with zero attached hydrogens (tertiary/aromatic N) is 2. The highest BCUT2D eigenvalue weighted by atomic mass is 32.2. The molecule has 0 fully saturated rings. The van der Waals surface area contributed by atoms with Crippen LogP contribution in [0, 0.1) is 0 Å². The number of aliphatic hydroxyl groups excluding tert-OH is 1. The largest absolute Gasteiger partial charge is 0.396 e. The summed E-state index contributed by atoms with van der Waals surface area (Å²) < 4.78 is 1.68. The van der Waals surface area contributed by atoms with Gasteiger partial charge in [-0.3, -0.25) is 4.79 Å². The molecule has 1 atom stereocenters. The van der Waals surface area contributed by atoms with E-state index in [0.29, 0.717) is 11.4 Å². The summed E-state index contributed by atoms with van der Waals surface area (Å²) in [6.45, 7) is 4.89. The Morgan fingerprint density at radius 2 is 2.38 bits per heavy atom. The van der Waals surface area contributed by atoms with Gasteiger partial charge in [0.15, 0.2) is 5.03 Å². The van der Waals surface area contributed by atoms with Gasteiger partial charge in [0.05, 0.1) is 0 Å². The van der Waals surface area contributed by atoms with Crippen molar-refractivity contribution in [2.75, 3.05) is 6.61 Å². The summed E-state index contributed by atoms with van der Waals surface area (Å²) in [7, 11) is 0. The number of rotatable bonds is 6. The van der Waals surface area contributed by atoms with Crippen molar-refractivity contribution in [2.24, 2.45) is 0 Å². The van der Waals surface area contributed by atoms with Gasteiger partial charge in [-0.1, -0.05) is 25.6 Å². The molecule has 1 rings (SSSR count). The maximum absolute atomic E-state index is 11.9. The average molecular weight is 242 g/mol. The van der Waals surface area contributed by atoms with Crippen molar-refractivity contribution in [1.82, 2.24) is 9.55 Å². The molecule has 1 aromatic heterocycles. The van der Waals surface area contributed by atoms with Crippen LogP contribution in [0.3, 0.4) is 0 Å². The predicted molar refractivity (Wildman–Crippen MR) is 65.8 cm³/mol. The van der Waals surface area contributed by atoms with E-state index in [4.69, 9.17) is 5.11 Å². The molecule has 4 nitrogen and oxygen atoms in total. The molecule has 0 aliphatic carbocycles. The summed E-state index contributed by atoms with van der Waals surface area (Å²) in [6.07, 6.45) is 4.98. The van der Waals surface area contributed by atoms with Gasteiger partial charge >= 0.3 is 0 Å². The quantitative estimate of drug-likeness (QED) is 0.768. The molecule has 0 radical (unpaired) electrons. The fourth-order valence-corrected chi connectivity index (χ4v) is 2.30. The molecular formula is C11H18N2O2S. The monoisotopic (exact) mass is 242 g/mol. The fourth-order valence-electron chi connectivity index (χ4n) is 1.36. The minimum Gasteiger partial charge on any atom is -0.396 e. The Balaban J connectivity index is 2.80. The second-order valence-corrected chi connectivity index (χ2v) is 5.10. The lowest BCUT2D eigenvalue weighted by Crippen LogP contribution is -2.22. The van der Waals surface area contributed by atoms with Crippen molar-refractivity contribution in [3.63, 3.8) is 0 Å². The van der Waals surface area contributed by atoms with E-state index in [9.17, 15) is 4.79 Å². The molecule has 0 bridgehead atoms. The van der Waals surface area contributed by atoms with E-state index in [1.54, 1.807) is 17.0 Å². The van der Waals surface area contributed by atoms with Gasteiger partial charge in [-0.05, 0) is 12.8 Å². The third kappa shape index (κ3) is 3.64. The lowest BCUT2D eigenvalue weighted by atomic mass is 10.3. The van der Waals surface area contributed by atoms with E-state index in [1.807, 2.05) is 13.8 Å². The van der Waals surface area contributed by atoms with Crippen LogP contribution in [0.5, 0.6) is 0 Å². The van der Waals surface area contributed by atoms with Crippen LogP contribution < -0.4 is 5.56 Å². The first kappa shape index (κ1) is 13.3. The Morgan fingerprint density at radius 1 is 1.62 bits per heavy atom. The molecule has 0 aliphatic heterocycles. The van der Waals surface area contributed by atoms with Crippen LogP contribution >= 0.6 is 11.8 Å². The van der Waals surface area contributed by atoms with Gasteiger partial charge in [-0.2, -0.15) is 0 Å². The zero-order valence-electron chi connectivity index (χ0n) is 9.72. The van der Waals surface area contributed by atoms with Crippen molar-refractivity contribution in [3.8, 4) is 0 Å². The van der Waals surface area contributed by atoms with Crippen molar-refractivity contribution in [2.45, 2.75) is 43.5 Å². The van der Waals surface area contributed by atoms with E-state index in [2.05, 4.69) is 4.98 Å². The van der Waals surface area contributed by atoms with Crippen molar-refractivity contribution in [1.29, 1.82) is 0 Å². The van der Waals surface area contributed by atoms with Gasteiger partial charge in [-0.15, -0.1) is 0 Å². The lowest BCUT2D eigenvalue weighted by molar-refractivity contribution is 0.289. The smallest absolute Gasteiger partial charge is 0.283 e. The van der Waals surface area contributed by atoms with Gasteiger partial charge in [0.25, 0.3) is 5.56 Å². The molecule has 0 spiro atoms. The summed E-state index contributed by atoms with van der Waals surface area (Å²) in [4.78, 5) is 16.0. The number of hydrogen-bond donors (Lipinski definition) is 1. The van der Waals surface area contributed by atoms with Crippen LogP contribution in [-0.4, -0.2) is 26.5 Å². The molecule has 1 unspecified atom stereocenters. The Kier molecular flexibility index (Phi) is 5.55. The van der Waals surface area contributed by atoms with Crippen LogP contribution in [0.15, 0.2) is 22.2 Å². The van der Waals surface area contributed by atoms with Gasteiger partial charge in [-0.25, -0.2) is 4.98 Å². The molecule has 1 heterocycles. The molecule has 1 aromatic rings. The molecular weight excluding hydrogens is 224 g/mol. The van der Waals surface area contributed by atoms with E-state index >= 15 is 0 Å². The number of aryl methyl sites for hydroxylation is 1. The zero-order valence-corrected chi connectivity index (χ0v) is 10.5. The minimum atomic E-state index is -0.0286. The number of aliphatic hydroxyl groups is 1. The molecule has 0 saturated heterocycles. The van der Waals surface area contributed by atoms with Crippen molar-refractivity contribution >= 4 is 11.8 Å². The maximum atomic E-state index is 11.9. The van der Waals surface area contributed by atoms with Crippen LogP contribution in [0.25, 0.3) is 0 Å². The molecule has 0 saturated carbocycles. The standard InChI is InChI=1S/C11H18N2O2S/c1-3-6-13-7-5-12-10(11(13)15)16-9(2)4-8-14/h5,7,9,14H,3-4,6,8H2,1-2H3. The second-order valence-electron chi connectivity index (χ2n) is 3.67. The summed E-state index contributed by atoms with van der Waals surface area (Å²) in [5.74, 6) is 0. The zero-order chi connectivity index (χ0) is 12.0. The predicted octanol–water partition coefficient (Wildman–Crippen LogP) is 1.52. The van der Waals surface area contributed by atoms with Crippen LogP contribution in [-0.2, 0) is 6.54 Å². The molecule has 0 amide bonds. The first-order chi connectivity index (χ1) is 7.69. The molecule has 0 aromatic carbocycles. The Hall–Kier alpha value is -0.810. The van der Waals surface area contributed by atoms with Gasteiger partial charge in [0, 0.05) is 30.8 Å². The van der Waals surface area contributed by atoms with E-state index in [1.165, 1.54) is 11.8 Å². The number of thioether (sulfide) groups is 1.